The standard InChI is InChI=1S/C13H17BrN2O/c14-11-6-4-10(5-7-11)13(17)16-9-12-3-1-2-8-15-12/h4-7,12,15H,1-3,8-9H2,(H,16,17). The second-order valence-corrected chi connectivity index (χ2v) is 5.28. The first kappa shape index (κ1) is 12.6. The highest BCUT2D eigenvalue weighted by atomic mass is 79.9. The molecule has 92 valence electrons. The van der Waals surface area contributed by atoms with E-state index in [-0.39, 0.29) is 5.91 Å². The average Bonchev–Trinajstić information content (AvgIpc) is 2.38. The third-order valence-electron chi connectivity index (χ3n) is 3.03. The van der Waals surface area contributed by atoms with Crippen molar-refractivity contribution in [3.63, 3.8) is 0 Å². The van der Waals surface area contributed by atoms with Crippen molar-refractivity contribution in [1.82, 2.24) is 10.6 Å². The number of halogens is 1. The van der Waals surface area contributed by atoms with Gasteiger partial charge in [-0.25, -0.2) is 0 Å². The average molecular weight is 297 g/mol. The van der Waals surface area contributed by atoms with Gasteiger partial charge >= 0.3 is 0 Å². The van der Waals surface area contributed by atoms with E-state index in [1.165, 1.54) is 12.8 Å². The lowest BCUT2D eigenvalue weighted by Crippen LogP contribution is -2.43. The van der Waals surface area contributed by atoms with Crippen LogP contribution in [-0.4, -0.2) is 25.0 Å². The van der Waals surface area contributed by atoms with Crippen molar-refractivity contribution in [2.24, 2.45) is 0 Å². The van der Waals surface area contributed by atoms with E-state index in [0.717, 1.165) is 24.0 Å². The molecule has 0 radical (unpaired) electrons. The van der Waals surface area contributed by atoms with E-state index >= 15 is 0 Å². The summed E-state index contributed by atoms with van der Waals surface area (Å²) in [4.78, 5) is 11.8. The second-order valence-electron chi connectivity index (χ2n) is 4.36. The van der Waals surface area contributed by atoms with E-state index in [9.17, 15) is 4.79 Å². The van der Waals surface area contributed by atoms with Gasteiger partial charge in [0.1, 0.15) is 0 Å². The largest absolute Gasteiger partial charge is 0.350 e. The fraction of sp³-hybridized carbons (Fsp3) is 0.462. The third-order valence-corrected chi connectivity index (χ3v) is 3.56. The van der Waals surface area contributed by atoms with Crippen molar-refractivity contribution in [2.45, 2.75) is 25.3 Å². The molecule has 1 aromatic rings. The van der Waals surface area contributed by atoms with Gasteiger partial charge in [0, 0.05) is 22.6 Å². The van der Waals surface area contributed by atoms with Gasteiger partial charge in [0.25, 0.3) is 5.91 Å². The number of amides is 1. The van der Waals surface area contributed by atoms with Crippen molar-refractivity contribution in [1.29, 1.82) is 0 Å². The quantitative estimate of drug-likeness (QED) is 0.899. The number of benzene rings is 1. The molecule has 2 rings (SSSR count). The van der Waals surface area contributed by atoms with Crippen molar-refractivity contribution in [3.8, 4) is 0 Å². The lowest BCUT2D eigenvalue weighted by molar-refractivity contribution is 0.0948. The van der Waals surface area contributed by atoms with Crippen LogP contribution < -0.4 is 10.6 Å². The Hall–Kier alpha value is -0.870. The van der Waals surface area contributed by atoms with Crippen molar-refractivity contribution in [3.05, 3.63) is 34.3 Å². The lowest BCUT2D eigenvalue weighted by Gasteiger charge is -2.23. The Morgan fingerprint density at radius 3 is 2.76 bits per heavy atom. The van der Waals surface area contributed by atoms with Crippen molar-refractivity contribution < 1.29 is 4.79 Å². The summed E-state index contributed by atoms with van der Waals surface area (Å²) in [6.45, 7) is 1.79. The van der Waals surface area contributed by atoms with E-state index in [1.807, 2.05) is 24.3 Å². The first-order valence-electron chi connectivity index (χ1n) is 6.03. The highest BCUT2D eigenvalue weighted by Gasteiger charge is 2.13. The molecule has 0 spiro atoms. The lowest BCUT2D eigenvalue weighted by atomic mass is 10.1. The van der Waals surface area contributed by atoms with Gasteiger partial charge in [-0.2, -0.15) is 0 Å². The number of carbonyl (C=O) groups excluding carboxylic acids is 1. The Kier molecular flexibility index (Phi) is 4.57. The van der Waals surface area contributed by atoms with E-state index < -0.39 is 0 Å². The number of rotatable bonds is 3. The Balaban J connectivity index is 1.82. The molecule has 2 N–H and O–H groups in total. The van der Waals surface area contributed by atoms with Crippen LogP contribution in [0.1, 0.15) is 29.6 Å². The molecule has 3 nitrogen and oxygen atoms in total. The Bertz CT molecular complexity index is 372. The van der Waals surface area contributed by atoms with Crippen LogP contribution in [0.3, 0.4) is 0 Å². The summed E-state index contributed by atoms with van der Waals surface area (Å²) >= 11 is 3.35. The van der Waals surface area contributed by atoms with Gasteiger partial charge in [-0.1, -0.05) is 22.4 Å². The van der Waals surface area contributed by atoms with Crippen LogP contribution in [0.15, 0.2) is 28.7 Å². The predicted octanol–water partition coefficient (Wildman–Crippen LogP) is 2.32. The second kappa shape index (κ2) is 6.17. The van der Waals surface area contributed by atoms with E-state index in [1.54, 1.807) is 0 Å². The number of nitrogens with one attached hydrogen (secondary N) is 2. The fourth-order valence-corrected chi connectivity index (χ4v) is 2.28. The number of hydrogen-bond donors (Lipinski definition) is 2. The van der Waals surface area contributed by atoms with E-state index in [2.05, 4.69) is 26.6 Å². The van der Waals surface area contributed by atoms with Crippen LogP contribution in [0.2, 0.25) is 0 Å². The summed E-state index contributed by atoms with van der Waals surface area (Å²) in [5.41, 5.74) is 0.712. The van der Waals surface area contributed by atoms with Crippen LogP contribution in [0.4, 0.5) is 0 Å². The van der Waals surface area contributed by atoms with Gasteiger partial charge in [0.15, 0.2) is 0 Å². The Morgan fingerprint density at radius 2 is 2.12 bits per heavy atom. The fourth-order valence-electron chi connectivity index (χ4n) is 2.02. The van der Waals surface area contributed by atoms with Crippen LogP contribution in [0.25, 0.3) is 0 Å². The normalized spacial score (nSPS) is 19.9. The highest BCUT2D eigenvalue weighted by Crippen LogP contribution is 2.10. The monoisotopic (exact) mass is 296 g/mol. The first-order valence-corrected chi connectivity index (χ1v) is 6.82. The van der Waals surface area contributed by atoms with Crippen molar-refractivity contribution >= 4 is 21.8 Å². The molecule has 0 aliphatic carbocycles. The number of piperidine rings is 1. The molecule has 0 aromatic heterocycles. The van der Waals surface area contributed by atoms with Gasteiger partial charge in [-0.3, -0.25) is 4.79 Å². The molecule has 1 aliphatic rings. The Morgan fingerprint density at radius 1 is 1.35 bits per heavy atom. The zero-order valence-electron chi connectivity index (χ0n) is 9.71. The summed E-state index contributed by atoms with van der Waals surface area (Å²) in [5, 5.41) is 6.38. The molecule has 17 heavy (non-hydrogen) atoms. The maximum absolute atomic E-state index is 11.8. The van der Waals surface area contributed by atoms with Crippen LogP contribution >= 0.6 is 15.9 Å². The third kappa shape index (κ3) is 3.82. The summed E-state index contributed by atoms with van der Waals surface area (Å²) < 4.78 is 0.989. The maximum Gasteiger partial charge on any atom is 0.251 e. The molecule has 1 heterocycles. The van der Waals surface area contributed by atoms with Gasteiger partial charge in [0.05, 0.1) is 0 Å². The van der Waals surface area contributed by atoms with Crippen LogP contribution in [-0.2, 0) is 0 Å². The molecule has 1 unspecified atom stereocenters. The highest BCUT2D eigenvalue weighted by molar-refractivity contribution is 9.10. The molecule has 1 amide bonds. The topological polar surface area (TPSA) is 41.1 Å². The zero-order chi connectivity index (χ0) is 12.1. The minimum absolute atomic E-state index is 0.00451. The van der Waals surface area contributed by atoms with Gasteiger partial charge < -0.3 is 10.6 Å². The van der Waals surface area contributed by atoms with Gasteiger partial charge in [0.2, 0.25) is 0 Å². The first-order chi connectivity index (χ1) is 8.25. The molecule has 4 heteroatoms. The summed E-state index contributed by atoms with van der Waals surface area (Å²) in [6, 6.07) is 7.85. The number of hydrogen-bond acceptors (Lipinski definition) is 2. The summed E-state index contributed by atoms with van der Waals surface area (Å²) in [7, 11) is 0. The molecule has 1 aromatic carbocycles. The zero-order valence-corrected chi connectivity index (χ0v) is 11.3. The SMILES string of the molecule is O=C(NCC1CCCCN1)c1ccc(Br)cc1. The molecule has 1 aliphatic heterocycles. The van der Waals surface area contributed by atoms with Gasteiger partial charge in [-0.15, -0.1) is 0 Å². The minimum Gasteiger partial charge on any atom is -0.350 e. The number of carbonyl (C=O) groups is 1. The van der Waals surface area contributed by atoms with Crippen LogP contribution in [0, 0.1) is 0 Å². The molecule has 0 saturated carbocycles. The van der Waals surface area contributed by atoms with Gasteiger partial charge in [-0.05, 0) is 43.7 Å². The molecular formula is C13H17BrN2O. The predicted molar refractivity (Wildman–Crippen MR) is 72.1 cm³/mol. The molecule has 1 fully saturated rings. The summed E-state index contributed by atoms with van der Waals surface area (Å²) in [6.07, 6.45) is 3.66. The smallest absolute Gasteiger partial charge is 0.251 e. The molecule has 0 bridgehead atoms. The van der Waals surface area contributed by atoms with Crippen LogP contribution in [0.5, 0.6) is 0 Å². The van der Waals surface area contributed by atoms with E-state index in [0.29, 0.717) is 11.6 Å². The minimum atomic E-state index is 0.00451. The van der Waals surface area contributed by atoms with Crippen molar-refractivity contribution in [2.75, 3.05) is 13.1 Å². The Labute approximate surface area is 110 Å². The molecule has 1 atom stereocenters. The summed E-state index contributed by atoms with van der Waals surface area (Å²) in [5.74, 6) is 0.00451. The van der Waals surface area contributed by atoms with E-state index in [4.69, 9.17) is 0 Å². The molecular weight excluding hydrogens is 280 g/mol. The maximum atomic E-state index is 11.8. The molecule has 1 saturated heterocycles.